The summed E-state index contributed by atoms with van der Waals surface area (Å²) >= 11 is 3.42. The highest BCUT2D eigenvalue weighted by molar-refractivity contribution is 9.10. The largest absolute Gasteiger partial charge is 0.322 e. The van der Waals surface area contributed by atoms with Crippen LogP contribution in [0.4, 0.5) is 5.69 Å². The van der Waals surface area contributed by atoms with Crippen molar-refractivity contribution in [3.05, 3.63) is 57.8 Å². The van der Waals surface area contributed by atoms with Crippen molar-refractivity contribution in [2.45, 2.75) is 13.8 Å². The number of hydrogen-bond acceptors (Lipinski definition) is 2. The first kappa shape index (κ1) is 12.8. The smallest absolute Gasteiger partial charge is 0.255 e. The molecule has 0 aliphatic carbocycles. The van der Waals surface area contributed by atoms with E-state index >= 15 is 0 Å². The van der Waals surface area contributed by atoms with Gasteiger partial charge in [0.25, 0.3) is 5.91 Å². The van der Waals surface area contributed by atoms with E-state index in [0.717, 1.165) is 21.4 Å². The zero-order valence-electron chi connectivity index (χ0n) is 10.2. The van der Waals surface area contributed by atoms with Gasteiger partial charge in [0, 0.05) is 27.6 Å². The van der Waals surface area contributed by atoms with Gasteiger partial charge in [-0.3, -0.25) is 9.78 Å². The second-order valence-corrected chi connectivity index (χ2v) is 4.91. The highest BCUT2D eigenvalue weighted by Gasteiger charge is 2.10. The predicted octanol–water partition coefficient (Wildman–Crippen LogP) is 3.71. The molecule has 0 aliphatic heterocycles. The number of hydrogen-bond donors (Lipinski definition) is 1. The van der Waals surface area contributed by atoms with Gasteiger partial charge in [0.1, 0.15) is 0 Å². The maximum absolute atomic E-state index is 12.1. The van der Waals surface area contributed by atoms with Crippen molar-refractivity contribution < 1.29 is 4.79 Å². The van der Waals surface area contributed by atoms with Crippen LogP contribution >= 0.6 is 15.9 Å². The molecule has 1 heterocycles. The van der Waals surface area contributed by atoms with E-state index in [1.807, 2.05) is 38.1 Å². The minimum atomic E-state index is -0.112. The third-order valence-corrected chi connectivity index (χ3v) is 3.53. The van der Waals surface area contributed by atoms with Gasteiger partial charge in [0.2, 0.25) is 0 Å². The lowest BCUT2D eigenvalue weighted by atomic mass is 10.1. The summed E-state index contributed by atoms with van der Waals surface area (Å²) in [6.45, 7) is 3.80. The van der Waals surface area contributed by atoms with Gasteiger partial charge in [0.15, 0.2) is 0 Å². The van der Waals surface area contributed by atoms with Gasteiger partial charge in [0.05, 0.1) is 0 Å². The number of halogens is 1. The van der Waals surface area contributed by atoms with Gasteiger partial charge in [-0.05, 0) is 43.7 Å². The van der Waals surface area contributed by atoms with Crippen LogP contribution < -0.4 is 5.32 Å². The Morgan fingerprint density at radius 3 is 2.78 bits per heavy atom. The Kier molecular flexibility index (Phi) is 3.77. The van der Waals surface area contributed by atoms with Crippen molar-refractivity contribution in [3.63, 3.8) is 0 Å². The molecule has 0 saturated heterocycles. The molecule has 92 valence electrons. The van der Waals surface area contributed by atoms with E-state index in [0.29, 0.717) is 5.56 Å². The maximum atomic E-state index is 12.1. The molecule has 0 bridgehead atoms. The molecule has 0 radical (unpaired) electrons. The fourth-order valence-electron chi connectivity index (χ4n) is 1.68. The Morgan fingerprint density at radius 2 is 2.06 bits per heavy atom. The molecule has 1 N–H and O–H groups in total. The van der Waals surface area contributed by atoms with E-state index in [2.05, 4.69) is 26.2 Å². The first-order valence-electron chi connectivity index (χ1n) is 5.57. The summed E-state index contributed by atoms with van der Waals surface area (Å²) in [5, 5.41) is 2.87. The van der Waals surface area contributed by atoms with E-state index in [1.54, 1.807) is 12.3 Å². The number of amides is 1. The summed E-state index contributed by atoms with van der Waals surface area (Å²) in [4.78, 5) is 16.2. The molecule has 0 atom stereocenters. The molecule has 2 rings (SSSR count). The highest BCUT2D eigenvalue weighted by atomic mass is 79.9. The summed E-state index contributed by atoms with van der Waals surface area (Å²) in [5.41, 5.74) is 3.23. The van der Waals surface area contributed by atoms with Crippen molar-refractivity contribution in [1.29, 1.82) is 0 Å². The normalized spacial score (nSPS) is 10.2. The van der Waals surface area contributed by atoms with Crippen LogP contribution in [0.15, 0.2) is 41.0 Å². The maximum Gasteiger partial charge on any atom is 0.255 e. The zero-order valence-corrected chi connectivity index (χ0v) is 11.8. The lowest BCUT2D eigenvalue weighted by Crippen LogP contribution is -2.13. The van der Waals surface area contributed by atoms with E-state index in [-0.39, 0.29) is 5.91 Å². The molecular weight excluding hydrogens is 292 g/mol. The van der Waals surface area contributed by atoms with Crippen molar-refractivity contribution >= 4 is 27.5 Å². The van der Waals surface area contributed by atoms with Crippen LogP contribution in [0.1, 0.15) is 21.6 Å². The topological polar surface area (TPSA) is 42.0 Å². The number of aromatic nitrogens is 1. The SMILES string of the molecule is Cc1cc(NC(=O)c2cccc(Br)c2C)ccn1. The monoisotopic (exact) mass is 304 g/mol. The number of nitrogens with zero attached hydrogens (tertiary/aromatic N) is 1. The number of carbonyl (C=O) groups excluding carboxylic acids is 1. The second-order valence-electron chi connectivity index (χ2n) is 4.05. The van der Waals surface area contributed by atoms with Crippen LogP contribution in [0.2, 0.25) is 0 Å². The molecule has 4 heteroatoms. The fourth-order valence-corrected chi connectivity index (χ4v) is 2.04. The standard InChI is InChI=1S/C14H13BrN2O/c1-9-8-11(6-7-16-9)17-14(18)12-4-3-5-13(15)10(12)2/h3-8H,1-2H3,(H,16,17,18). The molecule has 0 spiro atoms. The van der Waals surface area contributed by atoms with E-state index in [4.69, 9.17) is 0 Å². The molecule has 0 saturated carbocycles. The van der Waals surface area contributed by atoms with Crippen molar-refractivity contribution in [2.24, 2.45) is 0 Å². The summed E-state index contributed by atoms with van der Waals surface area (Å²) < 4.78 is 0.932. The molecule has 0 fully saturated rings. The third kappa shape index (κ3) is 2.76. The van der Waals surface area contributed by atoms with Crippen LogP contribution in [0.5, 0.6) is 0 Å². The Morgan fingerprint density at radius 1 is 1.28 bits per heavy atom. The molecular formula is C14H13BrN2O. The summed E-state index contributed by atoms with van der Waals surface area (Å²) in [7, 11) is 0. The minimum absolute atomic E-state index is 0.112. The van der Waals surface area contributed by atoms with Crippen LogP contribution in [-0.2, 0) is 0 Å². The number of benzene rings is 1. The zero-order chi connectivity index (χ0) is 13.1. The fraction of sp³-hybridized carbons (Fsp3) is 0.143. The molecule has 0 unspecified atom stereocenters. The first-order chi connectivity index (χ1) is 8.58. The summed E-state index contributed by atoms with van der Waals surface area (Å²) in [6.07, 6.45) is 1.68. The summed E-state index contributed by atoms with van der Waals surface area (Å²) in [5.74, 6) is -0.112. The average molecular weight is 305 g/mol. The number of carbonyl (C=O) groups is 1. The first-order valence-corrected chi connectivity index (χ1v) is 6.36. The molecule has 2 aromatic rings. The van der Waals surface area contributed by atoms with Gasteiger partial charge in [-0.15, -0.1) is 0 Å². The van der Waals surface area contributed by atoms with Gasteiger partial charge in [-0.1, -0.05) is 22.0 Å². The Labute approximate surface area is 114 Å². The van der Waals surface area contributed by atoms with Gasteiger partial charge < -0.3 is 5.32 Å². The lowest BCUT2D eigenvalue weighted by Gasteiger charge is -2.09. The van der Waals surface area contributed by atoms with Crippen LogP contribution in [0.25, 0.3) is 0 Å². The number of rotatable bonds is 2. The molecule has 3 nitrogen and oxygen atoms in total. The van der Waals surface area contributed by atoms with Gasteiger partial charge in [-0.2, -0.15) is 0 Å². The van der Waals surface area contributed by atoms with E-state index in [9.17, 15) is 4.79 Å². The van der Waals surface area contributed by atoms with E-state index < -0.39 is 0 Å². The molecule has 1 amide bonds. The third-order valence-electron chi connectivity index (χ3n) is 2.67. The molecule has 0 aliphatic rings. The van der Waals surface area contributed by atoms with Crippen molar-refractivity contribution in [3.8, 4) is 0 Å². The Hall–Kier alpha value is -1.68. The van der Waals surface area contributed by atoms with Gasteiger partial charge in [-0.25, -0.2) is 0 Å². The predicted molar refractivity (Wildman–Crippen MR) is 75.8 cm³/mol. The molecule has 18 heavy (non-hydrogen) atoms. The summed E-state index contributed by atoms with van der Waals surface area (Å²) in [6, 6.07) is 9.19. The number of nitrogens with one attached hydrogen (secondary N) is 1. The van der Waals surface area contributed by atoms with Crippen LogP contribution in [0.3, 0.4) is 0 Å². The Balaban J connectivity index is 2.25. The molecule has 1 aromatic heterocycles. The minimum Gasteiger partial charge on any atom is -0.322 e. The van der Waals surface area contributed by atoms with Crippen molar-refractivity contribution in [1.82, 2.24) is 4.98 Å². The number of anilines is 1. The number of aryl methyl sites for hydroxylation is 1. The van der Waals surface area contributed by atoms with Crippen molar-refractivity contribution in [2.75, 3.05) is 5.32 Å². The van der Waals surface area contributed by atoms with Gasteiger partial charge >= 0.3 is 0 Å². The Bertz CT molecular complexity index is 596. The number of pyridine rings is 1. The highest BCUT2D eigenvalue weighted by Crippen LogP contribution is 2.20. The van der Waals surface area contributed by atoms with Crippen LogP contribution in [0, 0.1) is 13.8 Å². The lowest BCUT2D eigenvalue weighted by molar-refractivity contribution is 0.102. The second kappa shape index (κ2) is 5.31. The van der Waals surface area contributed by atoms with E-state index in [1.165, 1.54) is 0 Å². The quantitative estimate of drug-likeness (QED) is 0.919. The van der Waals surface area contributed by atoms with Crippen LogP contribution in [-0.4, -0.2) is 10.9 Å². The average Bonchev–Trinajstić information content (AvgIpc) is 2.32. The molecule has 1 aromatic carbocycles.